The molecule has 1 saturated carbocycles. The summed E-state index contributed by atoms with van der Waals surface area (Å²) in [7, 11) is 0. The highest BCUT2D eigenvalue weighted by Crippen LogP contribution is 2.25. The number of ketones is 1. The lowest BCUT2D eigenvalue weighted by atomic mass is 9.86. The number of allylic oxidation sites excluding steroid dienone is 1. The van der Waals surface area contributed by atoms with Crippen LogP contribution in [0, 0.1) is 5.92 Å². The minimum Gasteiger partial charge on any atom is -0.494 e. The fourth-order valence-corrected chi connectivity index (χ4v) is 2.28. The van der Waals surface area contributed by atoms with Gasteiger partial charge in [-0.3, -0.25) is 4.79 Å². The van der Waals surface area contributed by atoms with E-state index in [9.17, 15) is 4.79 Å². The van der Waals surface area contributed by atoms with Crippen LogP contribution in [-0.2, 0) is 4.79 Å². The Kier molecular flexibility index (Phi) is 4.61. The quantitative estimate of drug-likeness (QED) is 0.836. The topological polar surface area (TPSA) is 38.3 Å². The second-order valence-electron chi connectivity index (χ2n) is 5.05. The molecule has 0 amide bonds. The van der Waals surface area contributed by atoms with E-state index in [-0.39, 0.29) is 5.78 Å². The summed E-state index contributed by atoms with van der Waals surface area (Å²) in [5.41, 5.74) is 1.85. The summed E-state index contributed by atoms with van der Waals surface area (Å²) in [4.78, 5) is 11.8. The molecule has 0 bridgehead atoms. The van der Waals surface area contributed by atoms with Crippen LogP contribution in [0.4, 0.5) is 5.69 Å². The molecule has 0 heterocycles. The molecule has 1 aliphatic carbocycles. The summed E-state index contributed by atoms with van der Waals surface area (Å²) in [6.07, 6.45) is 4.41. The van der Waals surface area contributed by atoms with E-state index in [1.54, 1.807) is 0 Å². The average molecular weight is 259 g/mol. The smallest absolute Gasteiger partial charge is 0.160 e. The van der Waals surface area contributed by atoms with Crippen molar-refractivity contribution >= 4 is 11.5 Å². The average Bonchev–Trinajstić information content (AvgIpc) is 2.41. The molecule has 0 aromatic heterocycles. The molecule has 0 aliphatic heterocycles. The molecule has 102 valence electrons. The van der Waals surface area contributed by atoms with Crippen LogP contribution in [-0.4, -0.2) is 12.4 Å². The maximum Gasteiger partial charge on any atom is 0.160 e. The van der Waals surface area contributed by atoms with Crippen molar-refractivity contribution in [1.29, 1.82) is 0 Å². The Morgan fingerprint density at radius 3 is 3.11 bits per heavy atom. The number of ether oxygens (including phenoxy) is 1. The van der Waals surface area contributed by atoms with Crippen LogP contribution in [0.15, 0.2) is 36.0 Å². The highest BCUT2D eigenvalue weighted by molar-refractivity contribution is 5.96. The summed E-state index contributed by atoms with van der Waals surface area (Å²) in [5, 5.41) is 3.20. The van der Waals surface area contributed by atoms with Gasteiger partial charge in [0.25, 0.3) is 0 Å². The predicted molar refractivity (Wildman–Crippen MR) is 77.3 cm³/mol. The summed E-state index contributed by atoms with van der Waals surface area (Å²) in [6.45, 7) is 4.81. The standard InChI is InChI=1S/C16H21NO2/c1-3-19-15-6-4-5-14(10-15)17-11-13-9-12(2)7-8-16(13)18/h4-6,10-12,17H,3,7-9H2,1-2H3/b13-11+/t12-/m0/s1. The Bertz CT molecular complexity index is 479. The van der Waals surface area contributed by atoms with Gasteiger partial charge in [-0.25, -0.2) is 0 Å². The van der Waals surface area contributed by atoms with Gasteiger partial charge in [0.1, 0.15) is 5.75 Å². The van der Waals surface area contributed by atoms with E-state index in [0.29, 0.717) is 18.9 Å². The molecule has 1 atom stereocenters. The van der Waals surface area contributed by atoms with Gasteiger partial charge in [0.05, 0.1) is 6.61 Å². The zero-order valence-electron chi connectivity index (χ0n) is 11.6. The van der Waals surface area contributed by atoms with Gasteiger partial charge in [0, 0.05) is 29.9 Å². The van der Waals surface area contributed by atoms with E-state index < -0.39 is 0 Å². The van der Waals surface area contributed by atoms with Crippen LogP contribution in [0.3, 0.4) is 0 Å². The molecule has 1 aliphatic rings. The van der Waals surface area contributed by atoms with Gasteiger partial charge in [-0.15, -0.1) is 0 Å². The third kappa shape index (κ3) is 3.85. The zero-order chi connectivity index (χ0) is 13.7. The molecular weight excluding hydrogens is 238 g/mol. The van der Waals surface area contributed by atoms with E-state index in [1.165, 1.54) is 0 Å². The zero-order valence-corrected chi connectivity index (χ0v) is 11.6. The number of hydrogen-bond donors (Lipinski definition) is 1. The summed E-state index contributed by atoms with van der Waals surface area (Å²) >= 11 is 0. The van der Waals surface area contributed by atoms with E-state index in [1.807, 2.05) is 37.4 Å². The first kappa shape index (κ1) is 13.7. The molecule has 1 aromatic rings. The van der Waals surface area contributed by atoms with Crippen molar-refractivity contribution in [3.05, 3.63) is 36.0 Å². The van der Waals surface area contributed by atoms with Gasteiger partial charge >= 0.3 is 0 Å². The Labute approximate surface area is 114 Å². The lowest BCUT2D eigenvalue weighted by molar-refractivity contribution is -0.116. The highest BCUT2D eigenvalue weighted by atomic mass is 16.5. The van der Waals surface area contributed by atoms with Crippen LogP contribution in [0.25, 0.3) is 0 Å². The van der Waals surface area contributed by atoms with Crippen molar-refractivity contribution in [2.75, 3.05) is 11.9 Å². The molecule has 0 spiro atoms. The molecule has 1 fully saturated rings. The predicted octanol–water partition coefficient (Wildman–Crippen LogP) is 3.77. The number of nitrogens with one attached hydrogen (secondary N) is 1. The lowest BCUT2D eigenvalue weighted by Crippen LogP contribution is -2.15. The van der Waals surface area contributed by atoms with Gasteiger partial charge in [0.2, 0.25) is 0 Å². The van der Waals surface area contributed by atoms with E-state index in [2.05, 4.69) is 12.2 Å². The Morgan fingerprint density at radius 2 is 2.32 bits per heavy atom. The molecular formula is C16H21NO2. The number of anilines is 1. The lowest BCUT2D eigenvalue weighted by Gasteiger charge is -2.19. The Morgan fingerprint density at radius 1 is 1.47 bits per heavy atom. The third-order valence-electron chi connectivity index (χ3n) is 3.35. The molecule has 0 unspecified atom stereocenters. The molecule has 19 heavy (non-hydrogen) atoms. The van der Waals surface area contributed by atoms with E-state index >= 15 is 0 Å². The van der Waals surface area contributed by atoms with Crippen molar-refractivity contribution in [3.63, 3.8) is 0 Å². The third-order valence-corrected chi connectivity index (χ3v) is 3.35. The van der Waals surface area contributed by atoms with Gasteiger partial charge in [-0.1, -0.05) is 13.0 Å². The number of carbonyl (C=O) groups is 1. The number of carbonyl (C=O) groups excluding carboxylic acids is 1. The second-order valence-corrected chi connectivity index (χ2v) is 5.05. The highest BCUT2D eigenvalue weighted by Gasteiger charge is 2.19. The monoisotopic (exact) mass is 259 g/mol. The molecule has 1 aromatic carbocycles. The minimum atomic E-state index is 0.270. The van der Waals surface area contributed by atoms with Crippen LogP contribution >= 0.6 is 0 Å². The summed E-state index contributed by atoms with van der Waals surface area (Å²) in [6, 6.07) is 7.78. The first-order valence-corrected chi connectivity index (χ1v) is 6.90. The van der Waals surface area contributed by atoms with Crippen molar-refractivity contribution in [2.45, 2.75) is 33.1 Å². The van der Waals surface area contributed by atoms with E-state index in [0.717, 1.165) is 29.9 Å². The number of hydrogen-bond acceptors (Lipinski definition) is 3. The largest absolute Gasteiger partial charge is 0.494 e. The second kappa shape index (κ2) is 6.41. The van der Waals surface area contributed by atoms with Crippen molar-refractivity contribution < 1.29 is 9.53 Å². The SMILES string of the molecule is CCOc1cccc(N/C=C2\C[C@@H](C)CCC2=O)c1. The van der Waals surface area contributed by atoms with Crippen LogP contribution in [0.5, 0.6) is 5.75 Å². The van der Waals surface area contributed by atoms with Crippen molar-refractivity contribution in [2.24, 2.45) is 5.92 Å². The van der Waals surface area contributed by atoms with Gasteiger partial charge in [-0.2, -0.15) is 0 Å². The van der Waals surface area contributed by atoms with Crippen molar-refractivity contribution in [3.8, 4) is 5.75 Å². The molecule has 3 nitrogen and oxygen atoms in total. The van der Waals surface area contributed by atoms with Gasteiger partial charge in [0.15, 0.2) is 5.78 Å². The summed E-state index contributed by atoms with van der Waals surface area (Å²) in [5.74, 6) is 1.71. The van der Waals surface area contributed by atoms with Crippen LogP contribution < -0.4 is 10.1 Å². The normalized spacial score (nSPS) is 21.5. The van der Waals surface area contributed by atoms with Crippen LogP contribution in [0.2, 0.25) is 0 Å². The molecule has 0 radical (unpaired) electrons. The fourth-order valence-electron chi connectivity index (χ4n) is 2.28. The molecule has 0 saturated heterocycles. The van der Waals surface area contributed by atoms with Gasteiger partial charge in [-0.05, 0) is 37.8 Å². The summed E-state index contributed by atoms with van der Waals surface area (Å²) < 4.78 is 5.45. The number of Topliss-reactive ketones (excluding diaryl/α,β-unsaturated/α-hetero) is 1. The maximum atomic E-state index is 11.8. The first-order valence-electron chi connectivity index (χ1n) is 6.90. The fraction of sp³-hybridized carbons (Fsp3) is 0.438. The molecule has 2 rings (SSSR count). The van der Waals surface area contributed by atoms with Crippen molar-refractivity contribution in [1.82, 2.24) is 0 Å². The number of benzene rings is 1. The maximum absolute atomic E-state index is 11.8. The molecule has 1 N–H and O–H groups in total. The Hall–Kier alpha value is -1.77. The first-order chi connectivity index (χ1) is 9.19. The Balaban J connectivity index is 2.04. The number of rotatable bonds is 4. The minimum absolute atomic E-state index is 0.270. The molecule has 3 heteroatoms. The van der Waals surface area contributed by atoms with Gasteiger partial charge < -0.3 is 10.1 Å². The van der Waals surface area contributed by atoms with Crippen LogP contribution in [0.1, 0.15) is 33.1 Å². The van der Waals surface area contributed by atoms with E-state index in [4.69, 9.17) is 4.74 Å².